The van der Waals surface area contributed by atoms with Gasteiger partial charge >= 0.3 is 0 Å². The Hall–Kier alpha value is -0.860. The van der Waals surface area contributed by atoms with Crippen LogP contribution in [0.5, 0.6) is 0 Å². The number of aryl methyl sites for hydroxylation is 1. The largest absolute Gasteiger partial charge is 0.329 e. The fourth-order valence-electron chi connectivity index (χ4n) is 2.70. The summed E-state index contributed by atoms with van der Waals surface area (Å²) in [6.07, 6.45) is 2.79. The van der Waals surface area contributed by atoms with Gasteiger partial charge in [0, 0.05) is 25.2 Å². The molecule has 0 bridgehead atoms. The molecule has 0 aliphatic heterocycles. The highest BCUT2D eigenvalue weighted by Gasteiger charge is 2.30. The van der Waals surface area contributed by atoms with Crippen molar-refractivity contribution in [3.8, 4) is 0 Å². The van der Waals surface area contributed by atoms with Crippen molar-refractivity contribution in [1.82, 2.24) is 4.90 Å². The average molecular weight is 246 g/mol. The minimum absolute atomic E-state index is 0.367. The molecular weight excluding hydrogens is 220 g/mol. The van der Waals surface area contributed by atoms with Crippen LogP contribution in [0.3, 0.4) is 0 Å². The van der Waals surface area contributed by atoms with Crippen molar-refractivity contribution in [3.05, 3.63) is 35.4 Å². The van der Waals surface area contributed by atoms with E-state index in [0.717, 1.165) is 5.92 Å². The van der Waals surface area contributed by atoms with Crippen LogP contribution in [0.2, 0.25) is 0 Å². The molecule has 0 spiro atoms. The molecule has 18 heavy (non-hydrogen) atoms. The van der Waals surface area contributed by atoms with E-state index in [4.69, 9.17) is 5.73 Å². The zero-order valence-electron chi connectivity index (χ0n) is 11.9. The second-order valence-electron chi connectivity index (χ2n) is 5.84. The van der Waals surface area contributed by atoms with Gasteiger partial charge in [0.25, 0.3) is 0 Å². The summed E-state index contributed by atoms with van der Waals surface area (Å²) in [6.45, 7) is 8.66. The van der Waals surface area contributed by atoms with E-state index in [1.54, 1.807) is 0 Å². The van der Waals surface area contributed by atoms with Crippen LogP contribution in [0.15, 0.2) is 24.3 Å². The van der Waals surface area contributed by atoms with Gasteiger partial charge < -0.3 is 5.73 Å². The van der Waals surface area contributed by atoms with Crippen molar-refractivity contribution >= 4 is 0 Å². The highest BCUT2D eigenvalue weighted by molar-refractivity contribution is 5.29. The summed E-state index contributed by atoms with van der Waals surface area (Å²) in [6, 6.07) is 9.57. The quantitative estimate of drug-likeness (QED) is 0.835. The monoisotopic (exact) mass is 246 g/mol. The van der Waals surface area contributed by atoms with Crippen molar-refractivity contribution in [2.45, 2.75) is 45.7 Å². The van der Waals surface area contributed by atoms with E-state index in [-0.39, 0.29) is 0 Å². The Kier molecular flexibility index (Phi) is 4.41. The lowest BCUT2D eigenvalue weighted by Gasteiger charge is -2.35. The molecule has 1 saturated carbocycles. The maximum atomic E-state index is 6.07. The van der Waals surface area contributed by atoms with Crippen molar-refractivity contribution in [1.29, 1.82) is 0 Å². The highest BCUT2D eigenvalue weighted by atomic mass is 15.2. The van der Waals surface area contributed by atoms with Crippen LogP contribution in [0.4, 0.5) is 0 Å². The van der Waals surface area contributed by atoms with E-state index < -0.39 is 0 Å². The molecule has 100 valence electrons. The van der Waals surface area contributed by atoms with Crippen LogP contribution in [-0.2, 0) is 0 Å². The molecule has 2 N–H and O–H groups in total. The summed E-state index contributed by atoms with van der Waals surface area (Å²) in [7, 11) is 0. The van der Waals surface area contributed by atoms with E-state index in [1.165, 1.54) is 30.5 Å². The van der Waals surface area contributed by atoms with Gasteiger partial charge in [0.2, 0.25) is 0 Å². The van der Waals surface area contributed by atoms with Gasteiger partial charge in [-0.25, -0.2) is 0 Å². The number of rotatable bonds is 6. The van der Waals surface area contributed by atoms with Gasteiger partial charge in [0.1, 0.15) is 0 Å². The van der Waals surface area contributed by atoms with Crippen molar-refractivity contribution in [3.63, 3.8) is 0 Å². The van der Waals surface area contributed by atoms with Crippen molar-refractivity contribution < 1.29 is 0 Å². The first-order valence-electron chi connectivity index (χ1n) is 7.14. The van der Waals surface area contributed by atoms with Crippen molar-refractivity contribution in [2.75, 3.05) is 13.1 Å². The molecule has 2 heteroatoms. The Balaban J connectivity index is 2.21. The SMILES string of the molecule is Cc1ccccc1C(CN)N(CC1CC1)C(C)C. The number of nitrogens with zero attached hydrogens (tertiary/aromatic N) is 1. The zero-order valence-corrected chi connectivity index (χ0v) is 11.9. The lowest BCUT2D eigenvalue weighted by molar-refractivity contribution is 0.149. The molecule has 1 fully saturated rings. The fraction of sp³-hybridized carbons (Fsp3) is 0.625. The molecule has 0 radical (unpaired) electrons. The molecule has 1 atom stereocenters. The van der Waals surface area contributed by atoms with Gasteiger partial charge in [-0.1, -0.05) is 24.3 Å². The van der Waals surface area contributed by atoms with Gasteiger partial charge in [-0.05, 0) is 50.7 Å². The van der Waals surface area contributed by atoms with Crippen molar-refractivity contribution in [2.24, 2.45) is 11.7 Å². The van der Waals surface area contributed by atoms with Gasteiger partial charge in [0.15, 0.2) is 0 Å². The predicted molar refractivity (Wildman–Crippen MR) is 77.5 cm³/mol. The Morgan fingerprint density at radius 3 is 2.44 bits per heavy atom. The Labute approximate surface area is 111 Å². The topological polar surface area (TPSA) is 29.3 Å². The Morgan fingerprint density at radius 2 is 1.94 bits per heavy atom. The molecule has 1 aromatic rings. The zero-order chi connectivity index (χ0) is 13.1. The first-order chi connectivity index (χ1) is 8.63. The van der Waals surface area contributed by atoms with Gasteiger partial charge in [-0.3, -0.25) is 4.90 Å². The lowest BCUT2D eigenvalue weighted by Crippen LogP contribution is -2.40. The van der Waals surface area contributed by atoms with E-state index in [1.807, 2.05) is 0 Å². The first-order valence-corrected chi connectivity index (χ1v) is 7.14. The van der Waals surface area contributed by atoms with Crippen LogP contribution >= 0.6 is 0 Å². The van der Waals surface area contributed by atoms with Gasteiger partial charge in [-0.15, -0.1) is 0 Å². The van der Waals surface area contributed by atoms with Crippen LogP contribution in [-0.4, -0.2) is 24.0 Å². The third-order valence-electron chi connectivity index (χ3n) is 4.00. The van der Waals surface area contributed by atoms with E-state index in [2.05, 4.69) is 49.9 Å². The normalized spacial score (nSPS) is 17.4. The Bertz CT molecular complexity index is 382. The third-order valence-corrected chi connectivity index (χ3v) is 4.00. The number of benzene rings is 1. The minimum Gasteiger partial charge on any atom is -0.329 e. The Morgan fingerprint density at radius 1 is 1.28 bits per heavy atom. The second-order valence-corrected chi connectivity index (χ2v) is 5.84. The number of hydrogen-bond acceptors (Lipinski definition) is 2. The van der Waals surface area contributed by atoms with Crippen LogP contribution in [0.25, 0.3) is 0 Å². The van der Waals surface area contributed by atoms with E-state index in [9.17, 15) is 0 Å². The maximum Gasteiger partial charge on any atom is 0.0475 e. The molecule has 0 saturated heterocycles. The molecule has 1 aliphatic rings. The molecule has 0 aromatic heterocycles. The summed E-state index contributed by atoms with van der Waals surface area (Å²) in [5.74, 6) is 0.908. The second kappa shape index (κ2) is 5.85. The molecule has 1 aromatic carbocycles. The highest BCUT2D eigenvalue weighted by Crippen LogP contribution is 2.34. The third kappa shape index (κ3) is 3.12. The summed E-state index contributed by atoms with van der Waals surface area (Å²) >= 11 is 0. The molecular formula is C16H26N2. The summed E-state index contributed by atoms with van der Waals surface area (Å²) in [5.41, 5.74) is 8.82. The van der Waals surface area contributed by atoms with Crippen LogP contribution < -0.4 is 5.73 Å². The summed E-state index contributed by atoms with van der Waals surface area (Å²) in [4.78, 5) is 2.58. The molecule has 1 aliphatic carbocycles. The molecule has 0 heterocycles. The smallest absolute Gasteiger partial charge is 0.0475 e. The fourth-order valence-corrected chi connectivity index (χ4v) is 2.70. The standard InChI is InChI=1S/C16H26N2/c1-12(2)18(11-14-8-9-14)16(10-17)15-7-5-4-6-13(15)3/h4-7,12,14,16H,8-11,17H2,1-3H3. The van der Waals surface area contributed by atoms with Gasteiger partial charge in [0.05, 0.1) is 0 Å². The molecule has 2 nitrogen and oxygen atoms in total. The average Bonchev–Trinajstić information content (AvgIpc) is 3.14. The summed E-state index contributed by atoms with van der Waals surface area (Å²) < 4.78 is 0. The summed E-state index contributed by atoms with van der Waals surface area (Å²) in [5, 5.41) is 0. The lowest BCUT2D eigenvalue weighted by atomic mass is 9.98. The molecule has 0 amide bonds. The molecule has 1 unspecified atom stereocenters. The van der Waals surface area contributed by atoms with Crippen LogP contribution in [0, 0.1) is 12.8 Å². The van der Waals surface area contributed by atoms with E-state index >= 15 is 0 Å². The van der Waals surface area contributed by atoms with Gasteiger partial charge in [-0.2, -0.15) is 0 Å². The molecule has 2 rings (SSSR count). The van der Waals surface area contributed by atoms with Crippen LogP contribution in [0.1, 0.15) is 43.9 Å². The first kappa shape index (κ1) is 13.6. The minimum atomic E-state index is 0.367. The number of hydrogen-bond donors (Lipinski definition) is 1. The number of nitrogens with two attached hydrogens (primary N) is 1. The van der Waals surface area contributed by atoms with E-state index in [0.29, 0.717) is 18.6 Å². The maximum absolute atomic E-state index is 6.07. The predicted octanol–water partition coefficient (Wildman–Crippen LogP) is 3.12.